The maximum atomic E-state index is 13.5. The highest BCUT2D eigenvalue weighted by Crippen LogP contribution is 2.26. The molecule has 1 unspecified atom stereocenters. The summed E-state index contributed by atoms with van der Waals surface area (Å²) < 4.78 is 51.4. The van der Waals surface area contributed by atoms with Crippen LogP contribution in [0.3, 0.4) is 0 Å². The number of carbonyl (C=O) groups is 1. The van der Waals surface area contributed by atoms with Crippen molar-refractivity contribution in [2.24, 2.45) is 0 Å². The van der Waals surface area contributed by atoms with Crippen LogP contribution in [0, 0.1) is 0 Å². The smallest absolute Gasteiger partial charge is 0.264 e. The van der Waals surface area contributed by atoms with Crippen LogP contribution in [0.25, 0.3) is 0 Å². The Bertz CT molecular complexity index is 1370. The van der Waals surface area contributed by atoms with E-state index in [2.05, 4.69) is 5.32 Å². The number of hydrogen-bond donors (Lipinski definition) is 1. The molecule has 35 heavy (non-hydrogen) atoms. The summed E-state index contributed by atoms with van der Waals surface area (Å²) >= 11 is 0. The Labute approximate surface area is 207 Å². The van der Waals surface area contributed by atoms with Gasteiger partial charge in [0.15, 0.2) is 9.84 Å². The fourth-order valence-electron chi connectivity index (χ4n) is 3.56. The Kier molecular flexibility index (Phi) is 8.02. The third-order valence-electron chi connectivity index (χ3n) is 5.65. The standard InChI is InChI=1S/C26H30N2O5S2/c1-19(2)21-10-14-23(15-11-21)28(35(32,33)25-8-6-5-7-9-25)18-26(29)27-20(3)22-12-16-24(17-13-22)34(4,30)31/h5-17,19-20H,18H2,1-4H3,(H,27,29). The Morgan fingerprint density at radius 3 is 1.83 bits per heavy atom. The molecule has 1 N–H and O–H groups in total. The van der Waals surface area contributed by atoms with Crippen LogP contribution in [0.5, 0.6) is 0 Å². The van der Waals surface area contributed by atoms with Gasteiger partial charge in [0.2, 0.25) is 5.91 Å². The van der Waals surface area contributed by atoms with Crippen molar-refractivity contribution < 1.29 is 21.6 Å². The fourth-order valence-corrected chi connectivity index (χ4v) is 5.64. The van der Waals surface area contributed by atoms with E-state index in [0.717, 1.165) is 16.1 Å². The average molecular weight is 515 g/mol. The van der Waals surface area contributed by atoms with E-state index in [-0.39, 0.29) is 15.7 Å². The van der Waals surface area contributed by atoms with Crippen LogP contribution < -0.4 is 9.62 Å². The summed E-state index contributed by atoms with van der Waals surface area (Å²) in [6.07, 6.45) is 1.13. The predicted molar refractivity (Wildman–Crippen MR) is 138 cm³/mol. The molecular weight excluding hydrogens is 484 g/mol. The van der Waals surface area contributed by atoms with E-state index in [9.17, 15) is 21.6 Å². The predicted octanol–water partition coefficient (Wildman–Crippen LogP) is 4.29. The first-order chi connectivity index (χ1) is 16.4. The number of anilines is 1. The molecule has 0 saturated carbocycles. The molecule has 1 atom stereocenters. The molecule has 0 aliphatic rings. The van der Waals surface area contributed by atoms with E-state index in [1.807, 2.05) is 26.0 Å². The maximum absolute atomic E-state index is 13.5. The maximum Gasteiger partial charge on any atom is 0.264 e. The number of sulfonamides is 1. The monoisotopic (exact) mass is 514 g/mol. The summed E-state index contributed by atoms with van der Waals surface area (Å²) in [6.45, 7) is 5.43. The van der Waals surface area contributed by atoms with E-state index >= 15 is 0 Å². The molecule has 3 aromatic carbocycles. The highest BCUT2D eigenvalue weighted by atomic mass is 32.2. The van der Waals surface area contributed by atoms with Crippen molar-refractivity contribution in [2.75, 3.05) is 17.1 Å². The summed E-state index contributed by atoms with van der Waals surface area (Å²) in [5.41, 5.74) is 2.14. The lowest BCUT2D eigenvalue weighted by molar-refractivity contribution is -0.120. The zero-order valence-corrected chi connectivity index (χ0v) is 21.8. The first-order valence-electron chi connectivity index (χ1n) is 11.2. The Balaban J connectivity index is 1.86. The Morgan fingerprint density at radius 1 is 0.771 bits per heavy atom. The van der Waals surface area contributed by atoms with Gasteiger partial charge in [0.05, 0.1) is 21.5 Å². The molecule has 0 spiro atoms. The van der Waals surface area contributed by atoms with Crippen molar-refractivity contribution in [1.82, 2.24) is 5.32 Å². The third kappa shape index (κ3) is 6.49. The molecule has 0 heterocycles. The average Bonchev–Trinajstić information content (AvgIpc) is 2.82. The van der Waals surface area contributed by atoms with Crippen LogP contribution in [-0.2, 0) is 24.7 Å². The number of hydrogen-bond acceptors (Lipinski definition) is 5. The molecule has 7 nitrogen and oxygen atoms in total. The van der Waals surface area contributed by atoms with Crippen LogP contribution >= 0.6 is 0 Å². The number of amides is 1. The number of carbonyl (C=O) groups excluding carboxylic acids is 1. The number of nitrogens with zero attached hydrogens (tertiary/aromatic N) is 1. The summed E-state index contributed by atoms with van der Waals surface area (Å²) in [4.78, 5) is 13.2. The molecule has 3 aromatic rings. The summed E-state index contributed by atoms with van der Waals surface area (Å²) in [6, 6.07) is 20.9. The van der Waals surface area contributed by atoms with Gasteiger partial charge in [-0.25, -0.2) is 16.8 Å². The van der Waals surface area contributed by atoms with Crippen molar-refractivity contribution in [3.63, 3.8) is 0 Å². The molecule has 9 heteroatoms. The largest absolute Gasteiger partial charge is 0.348 e. The molecular formula is C26H30N2O5S2. The van der Waals surface area contributed by atoms with Gasteiger partial charge in [0, 0.05) is 6.26 Å². The second-order valence-corrected chi connectivity index (χ2v) is 12.6. The second kappa shape index (κ2) is 10.6. The van der Waals surface area contributed by atoms with Gasteiger partial charge in [0.25, 0.3) is 10.0 Å². The zero-order chi connectivity index (χ0) is 25.8. The van der Waals surface area contributed by atoms with Gasteiger partial charge in [0.1, 0.15) is 6.54 Å². The number of nitrogens with one attached hydrogen (secondary N) is 1. The SMILES string of the molecule is CC(C)c1ccc(N(CC(=O)NC(C)c2ccc(S(C)(=O)=O)cc2)S(=O)(=O)c2ccccc2)cc1. The topological polar surface area (TPSA) is 101 Å². The summed E-state index contributed by atoms with van der Waals surface area (Å²) in [5, 5.41) is 2.81. The lowest BCUT2D eigenvalue weighted by atomic mass is 10.0. The minimum Gasteiger partial charge on any atom is -0.348 e. The van der Waals surface area contributed by atoms with E-state index in [0.29, 0.717) is 11.3 Å². The second-order valence-electron chi connectivity index (χ2n) is 8.70. The van der Waals surface area contributed by atoms with Crippen molar-refractivity contribution in [3.05, 3.63) is 90.0 Å². The van der Waals surface area contributed by atoms with Crippen LogP contribution in [0.1, 0.15) is 43.9 Å². The van der Waals surface area contributed by atoms with E-state index in [1.165, 1.54) is 24.3 Å². The minimum atomic E-state index is -4.00. The van der Waals surface area contributed by atoms with Gasteiger partial charge in [-0.15, -0.1) is 0 Å². The van der Waals surface area contributed by atoms with Crippen LogP contribution in [0.4, 0.5) is 5.69 Å². The van der Waals surface area contributed by atoms with Crippen molar-refractivity contribution in [2.45, 2.75) is 42.5 Å². The van der Waals surface area contributed by atoms with Gasteiger partial charge in [-0.2, -0.15) is 0 Å². The summed E-state index contributed by atoms with van der Waals surface area (Å²) in [5.74, 6) is -0.210. The van der Waals surface area contributed by atoms with E-state index in [4.69, 9.17) is 0 Å². The highest BCUT2D eigenvalue weighted by Gasteiger charge is 2.27. The van der Waals surface area contributed by atoms with Crippen molar-refractivity contribution in [3.8, 4) is 0 Å². The van der Waals surface area contributed by atoms with Gasteiger partial charge < -0.3 is 5.32 Å². The molecule has 0 aliphatic heterocycles. The first-order valence-corrected chi connectivity index (χ1v) is 14.5. The Hall–Kier alpha value is -3.17. The summed E-state index contributed by atoms with van der Waals surface area (Å²) in [7, 11) is -7.33. The molecule has 0 bridgehead atoms. The number of rotatable bonds is 9. The van der Waals surface area contributed by atoms with E-state index in [1.54, 1.807) is 49.4 Å². The Morgan fingerprint density at radius 2 is 1.31 bits per heavy atom. The van der Waals surface area contributed by atoms with E-state index < -0.39 is 38.4 Å². The van der Waals surface area contributed by atoms with Gasteiger partial charge in [-0.1, -0.05) is 56.3 Å². The van der Waals surface area contributed by atoms with Crippen LogP contribution in [-0.4, -0.2) is 35.5 Å². The van der Waals surface area contributed by atoms with Crippen LogP contribution in [0.2, 0.25) is 0 Å². The number of benzene rings is 3. The minimum absolute atomic E-state index is 0.0881. The van der Waals surface area contributed by atoms with Gasteiger partial charge in [-0.05, 0) is 60.4 Å². The molecule has 3 rings (SSSR count). The third-order valence-corrected chi connectivity index (χ3v) is 8.57. The first kappa shape index (κ1) is 26.4. The molecule has 1 amide bonds. The molecule has 0 radical (unpaired) electrons. The molecule has 0 aliphatic carbocycles. The molecule has 0 aromatic heterocycles. The van der Waals surface area contributed by atoms with Crippen molar-refractivity contribution >= 4 is 31.5 Å². The normalized spacial score (nSPS) is 12.8. The molecule has 0 saturated heterocycles. The fraction of sp³-hybridized carbons (Fsp3) is 0.269. The number of sulfone groups is 1. The van der Waals surface area contributed by atoms with Gasteiger partial charge in [-0.3, -0.25) is 9.10 Å². The molecule has 186 valence electrons. The molecule has 0 fully saturated rings. The van der Waals surface area contributed by atoms with Crippen molar-refractivity contribution in [1.29, 1.82) is 0 Å². The quantitative estimate of drug-likeness (QED) is 0.459. The zero-order valence-electron chi connectivity index (χ0n) is 20.2. The van der Waals surface area contributed by atoms with Gasteiger partial charge >= 0.3 is 0 Å². The van der Waals surface area contributed by atoms with Crippen LogP contribution in [0.15, 0.2) is 88.7 Å². The lowest BCUT2D eigenvalue weighted by Gasteiger charge is -2.25. The lowest BCUT2D eigenvalue weighted by Crippen LogP contribution is -2.41. The highest BCUT2D eigenvalue weighted by molar-refractivity contribution is 7.93.